The van der Waals surface area contributed by atoms with Crippen molar-refractivity contribution >= 4 is 41.0 Å². The smallest absolute Gasteiger partial charge is 0.308 e. The first-order chi connectivity index (χ1) is 21.7. The number of esters is 2. The molecule has 1 aromatic heterocycles. The lowest BCUT2D eigenvalue weighted by atomic mass is 9.86. The van der Waals surface area contributed by atoms with E-state index >= 15 is 0 Å². The van der Waals surface area contributed by atoms with Crippen LogP contribution in [0.5, 0.6) is 0 Å². The van der Waals surface area contributed by atoms with Gasteiger partial charge in [-0.3, -0.25) is 28.9 Å². The van der Waals surface area contributed by atoms with Crippen LogP contribution in [0.2, 0.25) is 0 Å². The average molecular weight is 664 g/mol. The summed E-state index contributed by atoms with van der Waals surface area (Å²) in [4.78, 5) is 72.5. The number of rotatable bonds is 13. The Hall–Kier alpha value is -3.06. The zero-order chi connectivity index (χ0) is 34.1. The predicted molar refractivity (Wildman–Crippen MR) is 175 cm³/mol. The quantitative estimate of drug-likeness (QED) is 0.302. The molecule has 1 saturated heterocycles. The number of ether oxygens (including phenoxy) is 2. The van der Waals surface area contributed by atoms with E-state index in [4.69, 9.17) is 9.47 Å². The average Bonchev–Trinajstić information content (AvgIpc) is 3.51. The molecule has 0 aromatic carbocycles. The fraction of sp³-hybridized carbons (Fsp3) is 0.758. The first-order valence-electron chi connectivity index (χ1n) is 16.5. The number of aromatic nitrogens is 1. The fourth-order valence-electron chi connectivity index (χ4n) is 6.49. The molecule has 258 valence electrons. The van der Waals surface area contributed by atoms with E-state index in [9.17, 15) is 24.0 Å². The van der Waals surface area contributed by atoms with Gasteiger partial charge in [0.15, 0.2) is 6.10 Å². The van der Waals surface area contributed by atoms with Crippen LogP contribution in [0.1, 0.15) is 108 Å². The van der Waals surface area contributed by atoms with E-state index in [2.05, 4.69) is 15.6 Å². The summed E-state index contributed by atoms with van der Waals surface area (Å²) >= 11 is 1.23. The Labute approximate surface area is 277 Å². The summed E-state index contributed by atoms with van der Waals surface area (Å²) in [7, 11) is 5.05. The Morgan fingerprint density at radius 3 is 2.28 bits per heavy atom. The number of hydrogen-bond donors (Lipinski definition) is 2. The molecule has 3 rings (SSSR count). The summed E-state index contributed by atoms with van der Waals surface area (Å²) in [6.07, 6.45) is 4.94. The molecular weight excluding hydrogens is 610 g/mol. The van der Waals surface area contributed by atoms with E-state index in [1.807, 2.05) is 39.6 Å². The summed E-state index contributed by atoms with van der Waals surface area (Å²) in [5.74, 6) is -1.66. The summed E-state index contributed by atoms with van der Waals surface area (Å²) in [6, 6.07) is -1.38. The van der Waals surface area contributed by atoms with Crippen LogP contribution in [0, 0.1) is 17.8 Å². The fourth-order valence-corrected chi connectivity index (χ4v) is 7.33. The Balaban J connectivity index is 1.71. The van der Waals surface area contributed by atoms with Crippen LogP contribution in [0.15, 0.2) is 5.38 Å². The maximum atomic E-state index is 13.9. The second-order valence-corrected chi connectivity index (χ2v) is 14.3. The van der Waals surface area contributed by atoms with Crippen molar-refractivity contribution in [2.24, 2.45) is 17.8 Å². The molecule has 1 aromatic rings. The van der Waals surface area contributed by atoms with Crippen molar-refractivity contribution in [1.29, 1.82) is 0 Å². The van der Waals surface area contributed by atoms with Gasteiger partial charge in [-0.25, -0.2) is 4.98 Å². The highest BCUT2D eigenvalue weighted by Gasteiger charge is 2.37. The Bertz CT molecular complexity index is 1210. The van der Waals surface area contributed by atoms with Crippen molar-refractivity contribution in [1.82, 2.24) is 25.4 Å². The third-order valence-electron chi connectivity index (χ3n) is 9.31. The van der Waals surface area contributed by atoms with Gasteiger partial charge in [0, 0.05) is 37.9 Å². The van der Waals surface area contributed by atoms with Gasteiger partial charge in [-0.1, -0.05) is 34.1 Å². The minimum absolute atomic E-state index is 0.0113. The first-order valence-corrected chi connectivity index (χ1v) is 17.4. The number of likely N-dealkylation sites (tertiary alicyclic amines) is 1. The summed E-state index contributed by atoms with van der Waals surface area (Å²) < 4.78 is 10.6. The highest BCUT2D eigenvalue weighted by atomic mass is 32.1. The monoisotopic (exact) mass is 663 g/mol. The largest absolute Gasteiger partial charge is 0.469 e. The lowest BCUT2D eigenvalue weighted by Crippen LogP contribution is -2.57. The zero-order valence-electron chi connectivity index (χ0n) is 28.7. The summed E-state index contributed by atoms with van der Waals surface area (Å²) in [5.41, 5.74) is 0.230. The van der Waals surface area contributed by atoms with Crippen molar-refractivity contribution < 1.29 is 33.4 Å². The van der Waals surface area contributed by atoms with Crippen LogP contribution >= 0.6 is 11.3 Å². The Morgan fingerprint density at radius 2 is 1.72 bits per heavy atom. The van der Waals surface area contributed by atoms with Gasteiger partial charge >= 0.3 is 11.9 Å². The molecule has 13 heteroatoms. The zero-order valence-corrected chi connectivity index (χ0v) is 29.5. The molecule has 4 atom stereocenters. The molecule has 0 radical (unpaired) electrons. The molecule has 12 nitrogen and oxygen atoms in total. The maximum Gasteiger partial charge on any atom is 0.308 e. The summed E-state index contributed by atoms with van der Waals surface area (Å²) in [6.45, 7) is 10.00. The van der Waals surface area contributed by atoms with Gasteiger partial charge < -0.3 is 25.0 Å². The molecule has 2 aliphatic rings. The predicted octanol–water partition coefficient (Wildman–Crippen LogP) is 3.71. The number of carbonyl (C=O) groups excluding carboxylic acids is 5. The molecule has 2 heterocycles. The van der Waals surface area contributed by atoms with E-state index in [0.717, 1.165) is 25.8 Å². The van der Waals surface area contributed by atoms with Gasteiger partial charge in [-0.15, -0.1) is 11.3 Å². The molecule has 0 bridgehead atoms. The molecule has 0 spiro atoms. The van der Waals surface area contributed by atoms with Crippen LogP contribution in [-0.4, -0.2) is 96.4 Å². The molecule has 1 aliphatic carbocycles. The van der Waals surface area contributed by atoms with Crippen molar-refractivity contribution in [3.8, 4) is 0 Å². The molecule has 2 N–H and O–H groups in total. The van der Waals surface area contributed by atoms with Crippen LogP contribution in [0.25, 0.3) is 0 Å². The molecule has 1 saturated carbocycles. The second kappa shape index (κ2) is 17.2. The lowest BCUT2D eigenvalue weighted by Gasteiger charge is -2.37. The highest BCUT2D eigenvalue weighted by molar-refractivity contribution is 7.09. The third-order valence-corrected chi connectivity index (χ3v) is 10.2. The molecule has 2 fully saturated rings. The molecule has 1 unspecified atom stereocenters. The topological polar surface area (TPSA) is 147 Å². The number of nitrogens with one attached hydrogen (secondary N) is 2. The number of methoxy groups -OCH3 is 1. The molecule has 3 amide bonds. The van der Waals surface area contributed by atoms with Gasteiger partial charge in [0.2, 0.25) is 11.8 Å². The van der Waals surface area contributed by atoms with E-state index in [-0.39, 0.29) is 71.7 Å². The number of carbonyl (C=O) groups is 5. The van der Waals surface area contributed by atoms with E-state index in [1.165, 1.54) is 25.4 Å². The lowest BCUT2D eigenvalue weighted by molar-refractivity contribution is -0.149. The normalized spacial score (nSPS) is 22.4. The number of thiazole rings is 1. The van der Waals surface area contributed by atoms with Crippen LogP contribution < -0.4 is 10.6 Å². The van der Waals surface area contributed by atoms with Crippen LogP contribution in [0.4, 0.5) is 0 Å². The molecule has 1 aliphatic heterocycles. The van der Waals surface area contributed by atoms with Crippen molar-refractivity contribution in [3.05, 3.63) is 16.1 Å². The summed E-state index contributed by atoms with van der Waals surface area (Å²) in [5, 5.41) is 8.16. The minimum Gasteiger partial charge on any atom is -0.469 e. The van der Waals surface area contributed by atoms with Crippen molar-refractivity contribution in [3.63, 3.8) is 0 Å². The molecular formula is C33H53N5O7S. The number of hydrogen-bond acceptors (Lipinski definition) is 10. The SMILES string of the molecule is COC(=O)[C@H]1CC[C@H](NC(=O)c2csc([C@@H](CC(C(C)C)N(C)C(=O)[C@@H](NC(=O)[C@H]3CCCCN3C)C(C)C)OC(C)=O)n2)CC1. The maximum absolute atomic E-state index is 13.9. The van der Waals surface area contributed by atoms with Crippen LogP contribution in [-0.2, 0) is 28.7 Å². The van der Waals surface area contributed by atoms with Gasteiger partial charge in [-0.05, 0) is 64.0 Å². The van der Waals surface area contributed by atoms with Crippen molar-refractivity contribution in [2.75, 3.05) is 27.7 Å². The Kier molecular flexibility index (Phi) is 14.0. The number of likely N-dealkylation sites (N-methyl/N-ethyl adjacent to an activating group) is 2. The van der Waals surface area contributed by atoms with E-state index in [1.54, 1.807) is 17.3 Å². The minimum atomic E-state index is -0.773. The Morgan fingerprint density at radius 1 is 1.04 bits per heavy atom. The third kappa shape index (κ3) is 9.97. The van der Waals surface area contributed by atoms with E-state index < -0.39 is 18.1 Å². The van der Waals surface area contributed by atoms with Crippen molar-refractivity contribution in [2.45, 2.75) is 116 Å². The molecule has 46 heavy (non-hydrogen) atoms. The number of piperidine rings is 1. The van der Waals surface area contributed by atoms with Gasteiger partial charge in [0.1, 0.15) is 16.7 Å². The van der Waals surface area contributed by atoms with Crippen LogP contribution in [0.3, 0.4) is 0 Å². The number of amides is 3. The van der Waals surface area contributed by atoms with Gasteiger partial charge in [0.25, 0.3) is 5.91 Å². The highest BCUT2D eigenvalue weighted by Crippen LogP contribution is 2.31. The van der Waals surface area contributed by atoms with E-state index in [0.29, 0.717) is 30.7 Å². The number of nitrogens with zero attached hydrogens (tertiary/aromatic N) is 3. The van der Waals surface area contributed by atoms with Gasteiger partial charge in [0.05, 0.1) is 19.1 Å². The second-order valence-electron chi connectivity index (χ2n) is 13.4. The first kappa shape index (κ1) is 37.4. The van der Waals surface area contributed by atoms with Gasteiger partial charge in [-0.2, -0.15) is 0 Å². The standard InChI is InChI=1S/C33H53N5O7S/c1-19(2)26(38(7)32(42)28(20(3)4)36-30(41)25-11-9-10-16-37(25)6)17-27(45-21(5)39)31-35-24(18-46-31)29(40)34-23-14-12-22(13-15-23)33(43)44-8/h18-20,22-23,25-28H,9-17H2,1-8H3,(H,34,40)(H,36,41)/t22-,23-,25-,26?,27-,28+/m1/s1.